The molecule has 0 aliphatic heterocycles. The van der Waals surface area contributed by atoms with Gasteiger partial charge in [0.25, 0.3) is 0 Å². The van der Waals surface area contributed by atoms with Gasteiger partial charge in [-0.3, -0.25) is 4.79 Å². The van der Waals surface area contributed by atoms with Gasteiger partial charge in [0.2, 0.25) is 5.78 Å². The predicted molar refractivity (Wildman–Crippen MR) is 62.3 cm³/mol. The molecule has 0 bridgehead atoms. The van der Waals surface area contributed by atoms with E-state index in [-0.39, 0.29) is 12.2 Å². The van der Waals surface area contributed by atoms with Crippen molar-refractivity contribution in [3.8, 4) is 0 Å². The summed E-state index contributed by atoms with van der Waals surface area (Å²) in [7, 11) is 1.78. The molecule has 1 N–H and O–H groups in total. The van der Waals surface area contributed by atoms with Crippen LogP contribution in [0.4, 0.5) is 0 Å². The highest BCUT2D eigenvalue weighted by molar-refractivity contribution is 5.93. The summed E-state index contributed by atoms with van der Waals surface area (Å²) in [5.74, 6) is 0.339. The molecule has 1 aromatic rings. The van der Waals surface area contributed by atoms with Gasteiger partial charge in [0.1, 0.15) is 0 Å². The second kappa shape index (κ2) is 6.43. The van der Waals surface area contributed by atoms with Gasteiger partial charge in [-0.05, 0) is 6.42 Å². The summed E-state index contributed by atoms with van der Waals surface area (Å²) in [6.07, 6.45) is 6.88. The van der Waals surface area contributed by atoms with Crippen molar-refractivity contribution in [2.75, 3.05) is 0 Å². The lowest BCUT2D eigenvalue weighted by Crippen LogP contribution is -2.16. The first-order valence-electron chi connectivity index (χ1n) is 5.83. The number of rotatable bonds is 7. The van der Waals surface area contributed by atoms with Gasteiger partial charge < -0.3 is 9.67 Å². The van der Waals surface area contributed by atoms with Crippen LogP contribution in [0.5, 0.6) is 0 Å². The molecule has 1 rings (SSSR count). The lowest BCUT2D eigenvalue weighted by Gasteiger charge is -2.08. The highest BCUT2D eigenvalue weighted by Gasteiger charge is 2.15. The summed E-state index contributed by atoms with van der Waals surface area (Å²) in [6, 6.07) is 0. The Hall–Kier alpha value is -1.16. The van der Waals surface area contributed by atoms with Crippen molar-refractivity contribution < 1.29 is 9.90 Å². The molecule has 16 heavy (non-hydrogen) atoms. The molecule has 0 aliphatic rings. The molecular formula is C12H20N2O2. The first kappa shape index (κ1) is 12.9. The number of carbonyl (C=O) groups is 1. The van der Waals surface area contributed by atoms with Gasteiger partial charge in [-0.2, -0.15) is 0 Å². The van der Waals surface area contributed by atoms with E-state index in [0.29, 0.717) is 12.2 Å². The van der Waals surface area contributed by atoms with Crippen LogP contribution in [0.3, 0.4) is 0 Å². The lowest BCUT2D eigenvalue weighted by atomic mass is 10.1. The van der Waals surface area contributed by atoms with Crippen LogP contribution >= 0.6 is 0 Å². The third kappa shape index (κ3) is 3.77. The van der Waals surface area contributed by atoms with Crippen LogP contribution in [0.2, 0.25) is 0 Å². The molecule has 90 valence electrons. The van der Waals surface area contributed by atoms with E-state index in [0.717, 1.165) is 19.3 Å². The number of hydrogen-bond donors (Lipinski definition) is 1. The van der Waals surface area contributed by atoms with Crippen LogP contribution in [0.15, 0.2) is 12.4 Å². The Morgan fingerprint density at radius 1 is 1.56 bits per heavy atom. The first-order valence-corrected chi connectivity index (χ1v) is 5.83. The summed E-state index contributed by atoms with van der Waals surface area (Å²) in [6.45, 7) is 2.12. The average molecular weight is 224 g/mol. The number of nitrogens with zero attached hydrogens (tertiary/aromatic N) is 2. The third-order valence-electron chi connectivity index (χ3n) is 2.63. The minimum atomic E-state index is -0.532. The maximum atomic E-state index is 11.7. The fourth-order valence-electron chi connectivity index (χ4n) is 1.67. The van der Waals surface area contributed by atoms with E-state index < -0.39 is 6.10 Å². The van der Waals surface area contributed by atoms with E-state index in [1.54, 1.807) is 24.0 Å². The number of unbranched alkanes of at least 4 members (excludes halogenated alkanes) is 2. The van der Waals surface area contributed by atoms with Gasteiger partial charge in [0, 0.05) is 25.9 Å². The summed E-state index contributed by atoms with van der Waals surface area (Å²) in [4.78, 5) is 15.7. The summed E-state index contributed by atoms with van der Waals surface area (Å²) in [5, 5.41) is 9.68. The van der Waals surface area contributed by atoms with Crippen molar-refractivity contribution >= 4 is 5.78 Å². The molecule has 0 saturated carbocycles. The monoisotopic (exact) mass is 224 g/mol. The van der Waals surface area contributed by atoms with Crippen LogP contribution in [0, 0.1) is 0 Å². The number of carbonyl (C=O) groups excluding carboxylic acids is 1. The second-order valence-corrected chi connectivity index (χ2v) is 4.14. The SMILES string of the molecule is CCCCCC(O)CC(=O)c1nccn1C. The Balaban J connectivity index is 2.37. The van der Waals surface area contributed by atoms with Crippen molar-refractivity contribution in [1.82, 2.24) is 9.55 Å². The molecule has 0 radical (unpaired) electrons. The number of aromatic nitrogens is 2. The van der Waals surface area contributed by atoms with E-state index in [1.807, 2.05) is 0 Å². The van der Waals surface area contributed by atoms with Crippen LogP contribution in [-0.2, 0) is 7.05 Å². The van der Waals surface area contributed by atoms with Gasteiger partial charge in [0.15, 0.2) is 5.82 Å². The molecule has 1 aromatic heterocycles. The highest BCUT2D eigenvalue weighted by atomic mass is 16.3. The highest BCUT2D eigenvalue weighted by Crippen LogP contribution is 2.09. The molecule has 1 unspecified atom stereocenters. The minimum absolute atomic E-state index is 0.0866. The maximum Gasteiger partial charge on any atom is 0.200 e. The quantitative estimate of drug-likeness (QED) is 0.568. The largest absolute Gasteiger partial charge is 0.393 e. The van der Waals surface area contributed by atoms with Gasteiger partial charge in [-0.1, -0.05) is 26.2 Å². The van der Waals surface area contributed by atoms with Gasteiger partial charge in [0.05, 0.1) is 6.10 Å². The number of imidazole rings is 1. The molecular weight excluding hydrogens is 204 g/mol. The molecule has 0 aliphatic carbocycles. The Morgan fingerprint density at radius 2 is 2.31 bits per heavy atom. The smallest absolute Gasteiger partial charge is 0.200 e. The van der Waals surface area contributed by atoms with Gasteiger partial charge >= 0.3 is 0 Å². The topological polar surface area (TPSA) is 55.1 Å². The maximum absolute atomic E-state index is 11.7. The van der Waals surface area contributed by atoms with Crippen LogP contribution in [-0.4, -0.2) is 26.5 Å². The van der Waals surface area contributed by atoms with Crippen LogP contribution in [0.1, 0.15) is 49.6 Å². The standard InChI is InChI=1S/C12H20N2O2/c1-3-4-5-6-10(15)9-11(16)12-13-7-8-14(12)2/h7-8,10,15H,3-6,9H2,1-2H3. The van der Waals surface area contributed by atoms with Crippen LogP contribution in [0.25, 0.3) is 0 Å². The Labute approximate surface area is 96.3 Å². The van der Waals surface area contributed by atoms with Gasteiger partial charge in [-0.25, -0.2) is 4.98 Å². The lowest BCUT2D eigenvalue weighted by molar-refractivity contribution is 0.0851. The van der Waals surface area contributed by atoms with E-state index in [2.05, 4.69) is 11.9 Å². The Morgan fingerprint density at radius 3 is 2.88 bits per heavy atom. The number of hydrogen-bond acceptors (Lipinski definition) is 3. The fraction of sp³-hybridized carbons (Fsp3) is 0.667. The van der Waals surface area contributed by atoms with Crippen molar-refractivity contribution in [2.45, 2.75) is 45.1 Å². The zero-order valence-corrected chi connectivity index (χ0v) is 10.0. The van der Waals surface area contributed by atoms with Gasteiger partial charge in [-0.15, -0.1) is 0 Å². The number of aliphatic hydroxyl groups is 1. The van der Waals surface area contributed by atoms with Crippen molar-refractivity contribution in [3.05, 3.63) is 18.2 Å². The summed E-state index contributed by atoms with van der Waals surface area (Å²) in [5.41, 5.74) is 0. The number of aryl methyl sites for hydroxylation is 1. The molecule has 1 atom stereocenters. The Kier molecular flexibility index (Phi) is 5.19. The number of Topliss-reactive ketones (excluding diaryl/α,β-unsaturated/α-hetero) is 1. The molecule has 0 spiro atoms. The van der Waals surface area contributed by atoms with Crippen molar-refractivity contribution in [1.29, 1.82) is 0 Å². The third-order valence-corrected chi connectivity index (χ3v) is 2.63. The van der Waals surface area contributed by atoms with E-state index in [1.165, 1.54) is 0 Å². The zero-order valence-electron chi connectivity index (χ0n) is 10.0. The molecule has 0 amide bonds. The normalized spacial score (nSPS) is 12.7. The predicted octanol–water partition coefficient (Wildman–Crippen LogP) is 1.93. The molecule has 1 heterocycles. The van der Waals surface area contributed by atoms with E-state index in [9.17, 15) is 9.90 Å². The first-order chi connectivity index (χ1) is 7.65. The number of aliphatic hydroxyl groups excluding tert-OH is 1. The van der Waals surface area contributed by atoms with E-state index >= 15 is 0 Å². The number of ketones is 1. The van der Waals surface area contributed by atoms with Crippen molar-refractivity contribution in [3.63, 3.8) is 0 Å². The summed E-state index contributed by atoms with van der Waals surface area (Å²) >= 11 is 0. The van der Waals surface area contributed by atoms with E-state index in [4.69, 9.17) is 0 Å². The molecule has 4 nitrogen and oxygen atoms in total. The van der Waals surface area contributed by atoms with Crippen LogP contribution < -0.4 is 0 Å². The molecule has 4 heteroatoms. The minimum Gasteiger partial charge on any atom is -0.393 e. The average Bonchev–Trinajstić information content (AvgIpc) is 2.65. The zero-order chi connectivity index (χ0) is 12.0. The Bertz CT molecular complexity index is 334. The molecule has 0 saturated heterocycles. The second-order valence-electron chi connectivity index (χ2n) is 4.14. The molecule has 0 fully saturated rings. The van der Waals surface area contributed by atoms with Crippen molar-refractivity contribution in [2.24, 2.45) is 7.05 Å². The summed E-state index contributed by atoms with van der Waals surface area (Å²) < 4.78 is 1.68. The molecule has 0 aromatic carbocycles. The fourth-order valence-corrected chi connectivity index (χ4v) is 1.67.